The molecule has 2 rings (SSSR count). The molecule has 0 bridgehead atoms. The number of alkyl carbamates (subject to hydrolysis) is 1. The first-order chi connectivity index (χ1) is 13.5. The summed E-state index contributed by atoms with van der Waals surface area (Å²) in [4.78, 5) is 25.6. The number of ether oxygens (including phenoxy) is 2. The highest BCUT2D eigenvalue weighted by molar-refractivity contribution is 5.89. The van der Waals surface area contributed by atoms with E-state index < -0.39 is 0 Å². The maximum absolute atomic E-state index is 11.8. The van der Waals surface area contributed by atoms with E-state index in [2.05, 4.69) is 24.1 Å². The van der Waals surface area contributed by atoms with E-state index in [9.17, 15) is 9.59 Å². The highest BCUT2D eigenvalue weighted by Gasteiger charge is 2.20. The average Bonchev–Trinajstić information content (AvgIpc) is 2.70. The van der Waals surface area contributed by atoms with Gasteiger partial charge in [0.25, 0.3) is 0 Å². The first-order valence-electron chi connectivity index (χ1n) is 10.3. The lowest BCUT2D eigenvalue weighted by Gasteiger charge is -2.31. The molecule has 1 amide bonds. The minimum Gasteiger partial charge on any atom is -0.465 e. The standard InChI is InChI=1S/C22H34N2O4/c1-17(2)5-4-12-23-22(26)28-16-19-10-13-24(14-11-19)15-18-6-8-20(9-7-18)21(25)27-3/h6-9,17,19H,4-5,10-16H2,1-3H3,(H,23,26). The Hall–Kier alpha value is -2.08. The van der Waals surface area contributed by atoms with Gasteiger partial charge in [0.15, 0.2) is 0 Å². The molecule has 0 radical (unpaired) electrons. The lowest BCUT2D eigenvalue weighted by Crippen LogP contribution is -2.36. The van der Waals surface area contributed by atoms with Crippen LogP contribution in [0.15, 0.2) is 24.3 Å². The van der Waals surface area contributed by atoms with Crippen LogP contribution in [0.4, 0.5) is 4.79 Å². The number of methoxy groups -OCH3 is 1. The fourth-order valence-electron chi connectivity index (χ4n) is 3.38. The molecule has 6 heteroatoms. The van der Waals surface area contributed by atoms with Gasteiger partial charge in [-0.2, -0.15) is 0 Å². The number of hydrogen-bond donors (Lipinski definition) is 1. The van der Waals surface area contributed by atoms with Gasteiger partial charge in [0.1, 0.15) is 0 Å². The molecule has 1 aliphatic heterocycles. The van der Waals surface area contributed by atoms with Crippen molar-refractivity contribution >= 4 is 12.1 Å². The summed E-state index contributed by atoms with van der Waals surface area (Å²) in [5, 5.41) is 2.83. The van der Waals surface area contributed by atoms with Crippen LogP contribution in [0, 0.1) is 11.8 Å². The van der Waals surface area contributed by atoms with Crippen LogP contribution in [0.3, 0.4) is 0 Å². The van der Waals surface area contributed by atoms with E-state index in [1.165, 1.54) is 12.7 Å². The van der Waals surface area contributed by atoms with Gasteiger partial charge in [-0.1, -0.05) is 26.0 Å². The van der Waals surface area contributed by atoms with E-state index in [-0.39, 0.29) is 12.1 Å². The van der Waals surface area contributed by atoms with E-state index in [4.69, 9.17) is 9.47 Å². The molecule has 156 valence electrons. The highest BCUT2D eigenvalue weighted by Crippen LogP contribution is 2.19. The Kier molecular flexibility index (Phi) is 9.28. The number of hydrogen-bond acceptors (Lipinski definition) is 5. The number of carbonyl (C=O) groups excluding carboxylic acids is 2. The topological polar surface area (TPSA) is 67.9 Å². The largest absolute Gasteiger partial charge is 0.465 e. The van der Waals surface area contributed by atoms with Crippen LogP contribution < -0.4 is 5.32 Å². The fourth-order valence-corrected chi connectivity index (χ4v) is 3.38. The van der Waals surface area contributed by atoms with Gasteiger partial charge in [-0.15, -0.1) is 0 Å². The van der Waals surface area contributed by atoms with E-state index in [0.717, 1.165) is 45.3 Å². The predicted molar refractivity (Wildman–Crippen MR) is 109 cm³/mol. The number of benzene rings is 1. The van der Waals surface area contributed by atoms with Crippen molar-refractivity contribution in [2.75, 3.05) is 33.4 Å². The molecule has 0 unspecified atom stereocenters. The number of nitrogens with one attached hydrogen (secondary N) is 1. The Bertz CT molecular complexity index is 607. The molecular formula is C22H34N2O4. The summed E-state index contributed by atoms with van der Waals surface area (Å²) in [6, 6.07) is 7.57. The second-order valence-corrected chi connectivity index (χ2v) is 7.97. The van der Waals surface area contributed by atoms with Gasteiger partial charge in [-0.25, -0.2) is 9.59 Å². The SMILES string of the molecule is COC(=O)c1ccc(CN2CCC(COC(=O)NCCCC(C)C)CC2)cc1. The van der Waals surface area contributed by atoms with Crippen LogP contribution in [0.1, 0.15) is 55.5 Å². The number of esters is 1. The molecule has 1 aromatic rings. The Morgan fingerprint density at radius 2 is 1.86 bits per heavy atom. The van der Waals surface area contributed by atoms with Gasteiger partial charge >= 0.3 is 12.1 Å². The predicted octanol–water partition coefficient (Wildman–Crippen LogP) is 3.85. The van der Waals surface area contributed by atoms with Crippen LogP contribution in [0.25, 0.3) is 0 Å². The van der Waals surface area contributed by atoms with Crippen LogP contribution >= 0.6 is 0 Å². The normalized spacial score (nSPS) is 15.4. The Balaban J connectivity index is 1.62. The van der Waals surface area contributed by atoms with E-state index in [0.29, 0.717) is 30.6 Å². The van der Waals surface area contributed by atoms with Gasteiger partial charge < -0.3 is 14.8 Å². The lowest BCUT2D eigenvalue weighted by molar-refractivity contribution is 0.0600. The maximum atomic E-state index is 11.8. The average molecular weight is 391 g/mol. The zero-order valence-corrected chi connectivity index (χ0v) is 17.4. The van der Waals surface area contributed by atoms with Crippen molar-refractivity contribution in [2.45, 2.75) is 46.1 Å². The molecule has 1 N–H and O–H groups in total. The lowest BCUT2D eigenvalue weighted by atomic mass is 9.97. The fraction of sp³-hybridized carbons (Fsp3) is 0.636. The summed E-state index contributed by atoms with van der Waals surface area (Å²) in [6.07, 6.45) is 3.87. The third kappa shape index (κ3) is 7.89. The van der Waals surface area contributed by atoms with Crippen molar-refractivity contribution in [3.8, 4) is 0 Å². The van der Waals surface area contributed by atoms with E-state index >= 15 is 0 Å². The zero-order valence-electron chi connectivity index (χ0n) is 17.4. The summed E-state index contributed by atoms with van der Waals surface area (Å²) >= 11 is 0. The molecule has 0 spiro atoms. The number of piperidine rings is 1. The number of nitrogens with zero attached hydrogens (tertiary/aromatic N) is 1. The maximum Gasteiger partial charge on any atom is 0.407 e. The van der Waals surface area contributed by atoms with Gasteiger partial charge in [0, 0.05) is 13.1 Å². The number of amides is 1. The monoisotopic (exact) mass is 390 g/mol. The molecule has 1 saturated heterocycles. The molecule has 1 heterocycles. The zero-order chi connectivity index (χ0) is 20.4. The van der Waals surface area contributed by atoms with Crippen LogP contribution in [0.2, 0.25) is 0 Å². The van der Waals surface area contributed by atoms with Crippen molar-refractivity contribution in [3.63, 3.8) is 0 Å². The molecular weight excluding hydrogens is 356 g/mol. The molecule has 6 nitrogen and oxygen atoms in total. The summed E-state index contributed by atoms with van der Waals surface area (Å²) < 4.78 is 10.1. The second kappa shape index (κ2) is 11.7. The first-order valence-corrected chi connectivity index (χ1v) is 10.3. The molecule has 0 aromatic heterocycles. The second-order valence-electron chi connectivity index (χ2n) is 7.97. The molecule has 0 saturated carbocycles. The molecule has 0 aliphatic carbocycles. The van der Waals surface area contributed by atoms with Crippen LogP contribution in [-0.2, 0) is 16.0 Å². The molecule has 1 fully saturated rings. The van der Waals surface area contributed by atoms with Gasteiger partial charge in [0.05, 0.1) is 19.3 Å². The number of likely N-dealkylation sites (tertiary alicyclic amines) is 1. The van der Waals surface area contributed by atoms with E-state index in [1.54, 1.807) is 0 Å². The Morgan fingerprint density at radius 3 is 2.46 bits per heavy atom. The summed E-state index contributed by atoms with van der Waals surface area (Å²) in [6.45, 7) is 8.39. The third-order valence-electron chi connectivity index (χ3n) is 5.17. The van der Waals surface area contributed by atoms with Crippen LogP contribution in [0.5, 0.6) is 0 Å². The van der Waals surface area contributed by atoms with Crippen molar-refractivity contribution in [2.24, 2.45) is 11.8 Å². The van der Waals surface area contributed by atoms with E-state index in [1.807, 2.05) is 24.3 Å². The Labute approximate surface area is 168 Å². The minimum atomic E-state index is -0.309. The first kappa shape index (κ1) is 22.2. The van der Waals surface area contributed by atoms with Crippen molar-refractivity contribution < 1.29 is 19.1 Å². The quantitative estimate of drug-likeness (QED) is 0.512. The molecule has 0 atom stereocenters. The highest BCUT2D eigenvalue weighted by atomic mass is 16.5. The van der Waals surface area contributed by atoms with Crippen molar-refractivity contribution in [1.29, 1.82) is 0 Å². The summed E-state index contributed by atoms with van der Waals surface area (Å²) in [5.41, 5.74) is 1.76. The molecule has 1 aliphatic rings. The van der Waals surface area contributed by atoms with Crippen molar-refractivity contribution in [1.82, 2.24) is 10.2 Å². The van der Waals surface area contributed by atoms with Gasteiger partial charge in [-0.3, -0.25) is 4.90 Å². The number of rotatable bonds is 9. The summed E-state index contributed by atoms with van der Waals surface area (Å²) in [5.74, 6) is 0.782. The Morgan fingerprint density at radius 1 is 1.18 bits per heavy atom. The number of carbonyl (C=O) groups is 2. The summed E-state index contributed by atoms with van der Waals surface area (Å²) in [7, 11) is 1.39. The smallest absolute Gasteiger partial charge is 0.407 e. The van der Waals surface area contributed by atoms with Crippen LogP contribution in [-0.4, -0.2) is 50.3 Å². The van der Waals surface area contributed by atoms with Crippen molar-refractivity contribution in [3.05, 3.63) is 35.4 Å². The molecule has 28 heavy (non-hydrogen) atoms. The minimum absolute atomic E-state index is 0.295. The third-order valence-corrected chi connectivity index (χ3v) is 5.17. The van der Waals surface area contributed by atoms with Gasteiger partial charge in [0.2, 0.25) is 0 Å². The molecule has 1 aromatic carbocycles. The van der Waals surface area contributed by atoms with Gasteiger partial charge in [-0.05, 0) is 68.3 Å².